The van der Waals surface area contributed by atoms with E-state index in [1.54, 1.807) is 137 Å². The highest BCUT2D eigenvalue weighted by Crippen LogP contribution is 2.35. The van der Waals surface area contributed by atoms with Gasteiger partial charge in [0.1, 0.15) is 0 Å². The standard InChI is InChI=1S/C22H19BrCl2N2O2.C22H15BrCl2N2O.C16H16BrClO.C16H14BrClO.C9H8Br2O.C9H9BrO.C7H4ClNO.C6H6ClN/c1-14(21(28)15-3-2-4-16(23)13-15)27(20-11-7-18(25)8-12-20)22(29)26-19-9-5-17(24)6-10-19;1-14-21(15-3-2-4-16(23)13-15)27(20-11-7-18(25)8-12-20)22(28)26(14)19-9-5-17(24)6-10-19;2*1-11(9-12-5-7-15(18)8-6-12)16(19)13-3-2-4-14(17)10-13;1-6(10)9(12)7-3-2-4-8(11)5-7;1-2-9(11)7-4-3-5-8(10)6-7;8-6-1-3-7(4-2-6)9-5-10;7-5-1-3-6(8)4-2-5/h2-14,21,28H,1H3,(H,26,29);2-13H,1H3;2-8,10-11,16,19H,9H2,1H3;2-8,10-11H,9H2,1H3;2-6H,1H3;3-6H,2H2,1H3;1-4H;1-4H,8H2. The molecule has 0 aliphatic carbocycles. The number of rotatable bonds is 21. The number of urea groups is 1. The second kappa shape index (κ2) is 57.6. The first-order valence-corrected chi connectivity index (χ1v) is 50.5. The zero-order valence-corrected chi connectivity index (χ0v) is 90.9. The lowest BCUT2D eigenvalue weighted by atomic mass is 9.91. The molecular formula is C107H91Br7Cl8N6O8. The molecule has 0 saturated heterocycles. The maximum atomic E-state index is 13.5. The van der Waals surface area contributed by atoms with Gasteiger partial charge in [-0.3, -0.25) is 28.4 Å². The molecule has 14 nitrogen and oxygen atoms in total. The molecule has 0 aliphatic rings. The predicted octanol–water partition coefficient (Wildman–Crippen LogP) is 34.5. The van der Waals surface area contributed by atoms with Gasteiger partial charge in [0.05, 0.1) is 45.8 Å². The number of carbonyl (C=O) groups is 4. The Bertz CT molecular complexity index is 6510. The zero-order valence-electron chi connectivity index (χ0n) is 73.8. The number of aromatic nitrogens is 2. The SMILES string of the molecule is CC(Br)C(=O)c1cccc(Br)c1.CC(C(O)c1cccc(Br)c1)N(C(=O)Nc1ccc(Cl)cc1)c1ccc(Cl)cc1.CC(Cc1ccc(Cl)cc1)C(=O)c1cccc(Br)c1.CC(Cc1ccc(Cl)cc1)C(O)c1cccc(Br)c1.CCC(=O)c1cccc(Br)c1.Cc1c(-c2cccc(Br)c2)n(-c2ccc(Cl)cc2)c(=O)n1-c1ccc(Cl)cc1.Nc1ccc(Cl)cc1.O=C=Nc1ccc(Cl)cc1. The molecular weight excluding hydrogens is 2340 g/mol. The molecule has 6 atom stereocenters. The van der Waals surface area contributed by atoms with Crippen LogP contribution < -0.4 is 21.6 Å². The molecule has 15 rings (SSSR count). The molecule has 136 heavy (non-hydrogen) atoms. The van der Waals surface area contributed by atoms with Crippen molar-refractivity contribution >= 4 is 257 Å². The topological polar surface area (TPSA) is 206 Å². The van der Waals surface area contributed by atoms with Gasteiger partial charge < -0.3 is 21.3 Å². The number of nitrogens with one attached hydrogen (secondary N) is 1. The summed E-state index contributed by atoms with van der Waals surface area (Å²) >= 11 is 70.5. The molecule has 1 heterocycles. The average Bonchev–Trinajstić information content (AvgIpc) is 1.60. The number of hydrogen-bond acceptors (Lipinski definition) is 10. The second-order valence-corrected chi connectivity index (χ2v) is 40.7. The van der Waals surface area contributed by atoms with Crippen LogP contribution in [0, 0.1) is 18.8 Å². The van der Waals surface area contributed by atoms with Crippen molar-refractivity contribution in [2.75, 3.05) is 16.0 Å². The van der Waals surface area contributed by atoms with Crippen LogP contribution in [-0.2, 0) is 17.6 Å². The fraction of sp³-hybridized carbons (Fsp3) is 0.140. The van der Waals surface area contributed by atoms with E-state index in [4.69, 9.17) is 98.5 Å². The Morgan fingerprint density at radius 3 is 1.21 bits per heavy atom. The van der Waals surface area contributed by atoms with Crippen LogP contribution in [0.4, 0.5) is 27.5 Å². The summed E-state index contributed by atoms with van der Waals surface area (Å²) in [6.45, 7) is 11.4. The number of Topliss-reactive ketones (excluding diaryl/α,β-unsaturated/α-hetero) is 3. The lowest BCUT2D eigenvalue weighted by molar-refractivity contribution is 0.0927. The molecule has 0 saturated carbocycles. The minimum absolute atomic E-state index is 0.0459. The van der Waals surface area contributed by atoms with Crippen LogP contribution in [0.15, 0.2) is 376 Å². The largest absolute Gasteiger partial charge is 0.399 e. The first-order chi connectivity index (χ1) is 64.9. The summed E-state index contributed by atoms with van der Waals surface area (Å²) in [5.74, 6) is 0.560. The van der Waals surface area contributed by atoms with Crippen LogP contribution in [0.5, 0.6) is 0 Å². The molecule has 1 aromatic heterocycles. The first kappa shape index (κ1) is 112. The van der Waals surface area contributed by atoms with Gasteiger partial charge in [-0.25, -0.2) is 14.4 Å². The maximum absolute atomic E-state index is 13.5. The van der Waals surface area contributed by atoms with Crippen molar-refractivity contribution < 1.29 is 34.2 Å². The van der Waals surface area contributed by atoms with E-state index in [1.165, 1.54) is 16.5 Å². The predicted molar refractivity (Wildman–Crippen MR) is 589 cm³/mol. The number of amides is 2. The Labute approximate surface area is 891 Å². The number of anilines is 3. The highest BCUT2D eigenvalue weighted by molar-refractivity contribution is 9.11. The van der Waals surface area contributed by atoms with Gasteiger partial charge in [-0.1, -0.05) is 322 Å². The number of ketones is 3. The Balaban J connectivity index is 0.000000198. The highest BCUT2D eigenvalue weighted by Gasteiger charge is 2.30. The number of nitrogen functional groups attached to an aromatic ring is 1. The molecule has 0 fully saturated rings. The fourth-order valence-corrected chi connectivity index (χ4v) is 16.9. The zero-order chi connectivity index (χ0) is 99.2. The van der Waals surface area contributed by atoms with Gasteiger partial charge in [-0.2, -0.15) is 4.99 Å². The number of alkyl halides is 1. The number of carbonyl (C=O) groups excluding carboxylic acids is 5. The molecule has 14 aromatic carbocycles. The summed E-state index contributed by atoms with van der Waals surface area (Å²) in [5, 5.41) is 29.4. The number of imidazole rings is 1. The van der Waals surface area contributed by atoms with Crippen molar-refractivity contribution in [3.8, 4) is 22.6 Å². The summed E-state index contributed by atoms with van der Waals surface area (Å²) < 4.78 is 9.00. The summed E-state index contributed by atoms with van der Waals surface area (Å²) in [4.78, 5) is 76.0. The van der Waals surface area contributed by atoms with Crippen LogP contribution in [0.1, 0.15) is 112 Å². The van der Waals surface area contributed by atoms with Crippen molar-refractivity contribution in [3.63, 3.8) is 0 Å². The van der Waals surface area contributed by atoms with E-state index < -0.39 is 18.2 Å². The number of benzene rings is 14. The molecule has 6 unspecified atom stereocenters. The first-order valence-electron chi connectivity index (χ1n) is 41.9. The van der Waals surface area contributed by atoms with Gasteiger partial charge in [-0.15, -0.1) is 0 Å². The molecule has 702 valence electrons. The van der Waals surface area contributed by atoms with Gasteiger partial charge in [0, 0.05) is 124 Å². The van der Waals surface area contributed by atoms with Gasteiger partial charge in [-0.05, 0) is 304 Å². The van der Waals surface area contributed by atoms with Crippen LogP contribution >= 0.6 is 204 Å². The van der Waals surface area contributed by atoms with Crippen LogP contribution in [-0.4, -0.2) is 59.7 Å². The van der Waals surface area contributed by atoms with E-state index in [2.05, 4.69) is 129 Å². The van der Waals surface area contributed by atoms with Crippen molar-refractivity contribution in [2.45, 2.75) is 83.9 Å². The van der Waals surface area contributed by atoms with Crippen molar-refractivity contribution in [3.05, 3.63) is 462 Å². The number of halogens is 15. The third kappa shape index (κ3) is 37.1. The number of hydrogen-bond donors (Lipinski definition) is 4. The average molecular weight is 2430 g/mol. The lowest BCUT2D eigenvalue weighted by Crippen LogP contribution is -2.44. The number of aliphatic hydroxyl groups is 2. The minimum Gasteiger partial charge on any atom is -0.399 e. The maximum Gasteiger partial charge on any atom is 0.338 e. The number of nitrogens with two attached hydrogens (primary N) is 1. The molecule has 0 spiro atoms. The quantitative estimate of drug-likeness (QED) is 0.0177. The van der Waals surface area contributed by atoms with E-state index in [0.29, 0.717) is 54.2 Å². The second-order valence-electron chi connectivity index (χ2n) is 30.3. The third-order valence-corrected chi connectivity index (χ3v) is 25.4. The summed E-state index contributed by atoms with van der Waals surface area (Å²) in [7, 11) is 0. The van der Waals surface area contributed by atoms with Gasteiger partial charge in [0.25, 0.3) is 0 Å². The lowest BCUT2D eigenvalue weighted by Gasteiger charge is -2.33. The smallest absolute Gasteiger partial charge is 0.338 e. The Morgan fingerprint density at radius 1 is 0.434 bits per heavy atom. The van der Waals surface area contributed by atoms with Gasteiger partial charge >= 0.3 is 11.7 Å². The van der Waals surface area contributed by atoms with Crippen molar-refractivity contribution in [1.29, 1.82) is 0 Å². The van der Waals surface area contributed by atoms with Crippen LogP contribution in [0.25, 0.3) is 22.6 Å². The normalized spacial score (nSPS) is 11.7. The van der Waals surface area contributed by atoms with Crippen LogP contribution in [0.3, 0.4) is 0 Å². The molecule has 0 radical (unpaired) electrons. The van der Waals surface area contributed by atoms with Crippen molar-refractivity contribution in [2.24, 2.45) is 16.8 Å². The molecule has 29 heteroatoms. The van der Waals surface area contributed by atoms with Crippen LogP contribution in [0.2, 0.25) is 40.2 Å². The number of aliphatic hydroxyl groups excluding tert-OH is 2. The van der Waals surface area contributed by atoms with Gasteiger partial charge in [0.2, 0.25) is 6.08 Å². The third-order valence-electron chi connectivity index (χ3n) is 20.0. The summed E-state index contributed by atoms with van der Waals surface area (Å²) in [6, 6.07) is 102. The Kier molecular flexibility index (Phi) is 47.7. The van der Waals surface area contributed by atoms with E-state index in [0.717, 1.165) is 117 Å². The highest BCUT2D eigenvalue weighted by atomic mass is 79.9. The Morgan fingerprint density at radius 2 is 0.794 bits per heavy atom. The Hall–Kier alpha value is -8.85. The fourth-order valence-electron chi connectivity index (χ4n) is 13.2. The molecule has 5 N–H and O–H groups in total. The number of nitrogens with zero attached hydrogens (tertiary/aromatic N) is 4. The summed E-state index contributed by atoms with van der Waals surface area (Å²) in [5.41, 5.74) is 18.0. The molecule has 15 aromatic rings. The number of isocyanates is 1. The van der Waals surface area contributed by atoms with E-state index in [-0.39, 0.29) is 45.7 Å². The molecule has 2 amide bonds. The van der Waals surface area contributed by atoms with Crippen molar-refractivity contribution in [1.82, 2.24) is 9.13 Å². The monoisotopic (exact) mass is 2420 g/mol. The number of aliphatic imine (C=N–C) groups is 1. The van der Waals surface area contributed by atoms with Gasteiger partial charge in [0.15, 0.2) is 17.3 Å². The van der Waals surface area contributed by atoms with E-state index in [1.807, 2.05) is 246 Å². The van der Waals surface area contributed by atoms with E-state index >= 15 is 0 Å². The minimum atomic E-state index is -0.904. The molecule has 0 aliphatic heterocycles. The molecule has 0 bridgehead atoms. The summed E-state index contributed by atoms with van der Waals surface area (Å²) in [6.07, 6.45) is 2.18. The van der Waals surface area contributed by atoms with E-state index in [9.17, 15) is 39.0 Å².